The molecule has 0 bridgehead atoms. The van der Waals surface area contributed by atoms with Crippen LogP contribution in [0.15, 0.2) is 40.9 Å². The Morgan fingerprint density at radius 2 is 1.57 bits per heavy atom. The van der Waals surface area contributed by atoms with E-state index in [-0.39, 0.29) is 6.61 Å². The van der Waals surface area contributed by atoms with E-state index in [4.69, 9.17) is 14.2 Å². The molecule has 0 fully saturated rings. The fourth-order valence-corrected chi connectivity index (χ4v) is 2.48. The standard InChI is InChI=1S/C16H17BrO4/c1-19-14-5-4-12(7-13(14)17)10-21-16-8-11(9-18)3-6-15(16)20-2/h3-8,18H,9-10H2,1-2H3. The number of hydrogen-bond donors (Lipinski definition) is 1. The molecule has 5 heteroatoms. The van der Waals surface area contributed by atoms with Crippen molar-refractivity contribution in [3.63, 3.8) is 0 Å². The molecule has 0 aliphatic heterocycles. The minimum Gasteiger partial charge on any atom is -0.496 e. The van der Waals surface area contributed by atoms with Gasteiger partial charge in [0, 0.05) is 0 Å². The smallest absolute Gasteiger partial charge is 0.162 e. The van der Waals surface area contributed by atoms with Crippen LogP contribution in [0.2, 0.25) is 0 Å². The minimum atomic E-state index is -0.0333. The average molecular weight is 353 g/mol. The van der Waals surface area contributed by atoms with Crippen molar-refractivity contribution in [3.8, 4) is 17.2 Å². The van der Waals surface area contributed by atoms with Crippen LogP contribution in [0.25, 0.3) is 0 Å². The van der Waals surface area contributed by atoms with Gasteiger partial charge in [0.2, 0.25) is 0 Å². The van der Waals surface area contributed by atoms with Crippen molar-refractivity contribution >= 4 is 15.9 Å². The first kappa shape index (κ1) is 15.7. The van der Waals surface area contributed by atoms with Crippen LogP contribution in [0.1, 0.15) is 11.1 Å². The van der Waals surface area contributed by atoms with Gasteiger partial charge >= 0.3 is 0 Å². The van der Waals surface area contributed by atoms with E-state index in [0.717, 1.165) is 21.3 Å². The molecular formula is C16H17BrO4. The number of aliphatic hydroxyl groups is 1. The molecule has 0 unspecified atom stereocenters. The maximum absolute atomic E-state index is 9.19. The van der Waals surface area contributed by atoms with Gasteiger partial charge in [0.1, 0.15) is 12.4 Å². The Labute approximate surface area is 132 Å². The van der Waals surface area contributed by atoms with Crippen LogP contribution in [0.5, 0.6) is 17.2 Å². The summed E-state index contributed by atoms with van der Waals surface area (Å²) in [5.74, 6) is 2.02. The van der Waals surface area contributed by atoms with Gasteiger partial charge in [-0.3, -0.25) is 0 Å². The van der Waals surface area contributed by atoms with Crippen LogP contribution < -0.4 is 14.2 Å². The highest BCUT2D eigenvalue weighted by molar-refractivity contribution is 9.10. The van der Waals surface area contributed by atoms with Crippen LogP contribution in [0, 0.1) is 0 Å². The summed E-state index contributed by atoms with van der Waals surface area (Å²) in [5, 5.41) is 9.19. The summed E-state index contributed by atoms with van der Waals surface area (Å²) < 4.78 is 17.1. The number of halogens is 1. The van der Waals surface area contributed by atoms with Crippen molar-refractivity contribution < 1.29 is 19.3 Å². The SMILES string of the molecule is COc1ccc(COc2cc(CO)ccc2OC)cc1Br. The summed E-state index contributed by atoms with van der Waals surface area (Å²) in [6, 6.07) is 11.1. The first-order chi connectivity index (χ1) is 10.2. The Hall–Kier alpha value is -1.72. The molecular weight excluding hydrogens is 336 g/mol. The van der Waals surface area contributed by atoms with Gasteiger partial charge in [-0.15, -0.1) is 0 Å². The second kappa shape index (κ2) is 7.33. The van der Waals surface area contributed by atoms with Gasteiger partial charge in [-0.25, -0.2) is 0 Å². The monoisotopic (exact) mass is 352 g/mol. The summed E-state index contributed by atoms with van der Waals surface area (Å²) in [7, 11) is 3.21. The third-order valence-electron chi connectivity index (χ3n) is 3.02. The normalized spacial score (nSPS) is 10.3. The van der Waals surface area contributed by atoms with E-state index < -0.39 is 0 Å². The molecule has 0 radical (unpaired) electrons. The van der Waals surface area contributed by atoms with Gasteiger partial charge in [-0.05, 0) is 51.3 Å². The summed E-state index contributed by atoms with van der Waals surface area (Å²) in [5.41, 5.74) is 1.78. The van der Waals surface area contributed by atoms with Crippen molar-refractivity contribution in [1.82, 2.24) is 0 Å². The third-order valence-corrected chi connectivity index (χ3v) is 3.64. The molecule has 112 valence electrons. The van der Waals surface area contributed by atoms with E-state index in [1.54, 1.807) is 32.4 Å². The molecule has 1 N–H and O–H groups in total. The zero-order valence-electron chi connectivity index (χ0n) is 11.9. The molecule has 4 nitrogen and oxygen atoms in total. The van der Waals surface area contributed by atoms with Crippen molar-refractivity contribution in [2.24, 2.45) is 0 Å². The fourth-order valence-electron chi connectivity index (χ4n) is 1.89. The Morgan fingerprint density at radius 3 is 2.19 bits per heavy atom. The van der Waals surface area contributed by atoms with Crippen LogP contribution >= 0.6 is 15.9 Å². The first-order valence-corrected chi connectivity index (χ1v) is 7.20. The highest BCUT2D eigenvalue weighted by Crippen LogP contribution is 2.30. The van der Waals surface area contributed by atoms with E-state index in [9.17, 15) is 5.11 Å². The predicted molar refractivity (Wildman–Crippen MR) is 83.9 cm³/mol. The van der Waals surface area contributed by atoms with Gasteiger partial charge in [-0.1, -0.05) is 12.1 Å². The Bertz CT molecular complexity index is 613. The lowest BCUT2D eigenvalue weighted by Crippen LogP contribution is -1.99. The van der Waals surface area contributed by atoms with Gasteiger partial charge in [-0.2, -0.15) is 0 Å². The van der Waals surface area contributed by atoms with Crippen molar-refractivity contribution in [3.05, 3.63) is 52.0 Å². The number of rotatable bonds is 6. The maximum Gasteiger partial charge on any atom is 0.162 e. The van der Waals surface area contributed by atoms with Gasteiger partial charge < -0.3 is 19.3 Å². The van der Waals surface area contributed by atoms with E-state index >= 15 is 0 Å². The topological polar surface area (TPSA) is 47.9 Å². The molecule has 2 rings (SSSR count). The van der Waals surface area contributed by atoms with Crippen LogP contribution in [0.4, 0.5) is 0 Å². The molecule has 0 amide bonds. The van der Waals surface area contributed by atoms with Gasteiger partial charge in [0.25, 0.3) is 0 Å². The molecule has 21 heavy (non-hydrogen) atoms. The van der Waals surface area contributed by atoms with Crippen molar-refractivity contribution in [2.45, 2.75) is 13.2 Å². The average Bonchev–Trinajstić information content (AvgIpc) is 2.52. The molecule has 2 aromatic rings. The zero-order valence-corrected chi connectivity index (χ0v) is 13.5. The lowest BCUT2D eigenvalue weighted by Gasteiger charge is -2.12. The van der Waals surface area contributed by atoms with Crippen LogP contribution in [-0.4, -0.2) is 19.3 Å². The molecule has 0 aliphatic carbocycles. The minimum absolute atomic E-state index is 0.0333. The Kier molecular flexibility index (Phi) is 5.47. The van der Waals surface area contributed by atoms with Crippen molar-refractivity contribution in [2.75, 3.05) is 14.2 Å². The second-order valence-corrected chi connectivity index (χ2v) is 5.26. The number of hydrogen-bond acceptors (Lipinski definition) is 4. The lowest BCUT2D eigenvalue weighted by atomic mass is 10.2. The molecule has 0 heterocycles. The number of benzene rings is 2. The van der Waals surface area contributed by atoms with Crippen LogP contribution in [-0.2, 0) is 13.2 Å². The zero-order chi connectivity index (χ0) is 15.2. The van der Waals surface area contributed by atoms with Crippen LogP contribution in [0.3, 0.4) is 0 Å². The molecule has 0 spiro atoms. The van der Waals surface area contributed by atoms with E-state index in [1.165, 1.54) is 0 Å². The Balaban J connectivity index is 2.13. The molecule has 0 aromatic heterocycles. The Morgan fingerprint density at radius 1 is 0.905 bits per heavy atom. The largest absolute Gasteiger partial charge is 0.496 e. The summed E-state index contributed by atoms with van der Waals surface area (Å²) in [4.78, 5) is 0. The van der Waals surface area contributed by atoms with Gasteiger partial charge in [0.15, 0.2) is 11.5 Å². The van der Waals surface area contributed by atoms with E-state index in [0.29, 0.717) is 18.1 Å². The van der Waals surface area contributed by atoms with Crippen molar-refractivity contribution in [1.29, 1.82) is 0 Å². The fraction of sp³-hybridized carbons (Fsp3) is 0.250. The van der Waals surface area contributed by atoms with Gasteiger partial charge in [0.05, 0.1) is 25.3 Å². The number of ether oxygens (including phenoxy) is 3. The highest BCUT2D eigenvalue weighted by Gasteiger charge is 2.07. The maximum atomic E-state index is 9.19. The molecule has 0 saturated heterocycles. The first-order valence-electron chi connectivity index (χ1n) is 6.41. The lowest BCUT2D eigenvalue weighted by molar-refractivity contribution is 0.271. The number of methoxy groups -OCH3 is 2. The third kappa shape index (κ3) is 3.89. The molecule has 0 aliphatic rings. The second-order valence-electron chi connectivity index (χ2n) is 4.40. The summed E-state index contributed by atoms with van der Waals surface area (Å²) in [6.45, 7) is 0.363. The summed E-state index contributed by atoms with van der Waals surface area (Å²) >= 11 is 3.45. The quantitative estimate of drug-likeness (QED) is 0.863. The molecule has 0 saturated carbocycles. The number of aliphatic hydroxyl groups excluding tert-OH is 1. The highest BCUT2D eigenvalue weighted by atomic mass is 79.9. The van der Waals surface area contributed by atoms with E-state index in [2.05, 4.69) is 15.9 Å². The van der Waals surface area contributed by atoms with E-state index in [1.807, 2.05) is 18.2 Å². The molecule has 0 atom stereocenters. The molecule has 2 aromatic carbocycles. The predicted octanol–water partition coefficient (Wildman–Crippen LogP) is 3.54. The summed E-state index contributed by atoms with van der Waals surface area (Å²) in [6.07, 6.45) is 0.